The lowest BCUT2D eigenvalue weighted by Crippen LogP contribution is -2.30. The fourth-order valence-electron chi connectivity index (χ4n) is 1.87. The molecule has 0 radical (unpaired) electrons. The highest BCUT2D eigenvalue weighted by Crippen LogP contribution is 2.19. The monoisotopic (exact) mass is 264 g/mol. The zero-order valence-corrected chi connectivity index (χ0v) is 12.3. The number of nitrogens with one attached hydrogen (secondary N) is 1. The normalized spacial score (nSPS) is 11.8. The summed E-state index contributed by atoms with van der Waals surface area (Å²) < 4.78 is 4.85. The molecule has 0 saturated carbocycles. The van der Waals surface area contributed by atoms with Crippen molar-refractivity contribution in [3.05, 3.63) is 24.3 Å². The van der Waals surface area contributed by atoms with Gasteiger partial charge < -0.3 is 15.0 Å². The van der Waals surface area contributed by atoms with Crippen molar-refractivity contribution < 1.29 is 9.53 Å². The number of rotatable bonds is 7. The molecule has 0 aromatic heterocycles. The van der Waals surface area contributed by atoms with Gasteiger partial charge in [0.05, 0.1) is 7.11 Å². The minimum atomic E-state index is -0.276. The molecule has 0 fully saturated rings. The zero-order valence-electron chi connectivity index (χ0n) is 12.3. The van der Waals surface area contributed by atoms with E-state index < -0.39 is 0 Å². The molecule has 0 heterocycles. The average molecular weight is 264 g/mol. The number of benzene rings is 1. The SMILES string of the molecule is CCCCC(Nc1cccc(N(C)C)c1)C(=O)OC. The number of hydrogen-bond donors (Lipinski definition) is 1. The third-order valence-corrected chi connectivity index (χ3v) is 3.04. The molecule has 1 aromatic rings. The Morgan fingerprint density at radius 1 is 1.42 bits per heavy atom. The van der Waals surface area contributed by atoms with E-state index in [4.69, 9.17) is 4.74 Å². The number of unbranched alkanes of at least 4 members (excludes halogenated alkanes) is 1. The maximum absolute atomic E-state index is 11.7. The van der Waals surface area contributed by atoms with Crippen molar-refractivity contribution >= 4 is 17.3 Å². The second kappa shape index (κ2) is 7.67. The highest BCUT2D eigenvalue weighted by molar-refractivity contribution is 5.79. The Bertz CT molecular complexity index is 405. The molecule has 4 heteroatoms. The lowest BCUT2D eigenvalue weighted by Gasteiger charge is -2.19. The lowest BCUT2D eigenvalue weighted by atomic mass is 10.1. The highest BCUT2D eigenvalue weighted by atomic mass is 16.5. The number of esters is 1. The molecule has 1 rings (SSSR count). The van der Waals surface area contributed by atoms with E-state index in [0.29, 0.717) is 0 Å². The van der Waals surface area contributed by atoms with E-state index in [2.05, 4.69) is 12.2 Å². The van der Waals surface area contributed by atoms with Crippen LogP contribution in [-0.2, 0) is 9.53 Å². The third-order valence-electron chi connectivity index (χ3n) is 3.04. The van der Waals surface area contributed by atoms with Crippen molar-refractivity contribution in [2.24, 2.45) is 0 Å². The van der Waals surface area contributed by atoms with Gasteiger partial charge in [-0.1, -0.05) is 25.8 Å². The van der Waals surface area contributed by atoms with Gasteiger partial charge in [-0.05, 0) is 24.6 Å². The molecule has 0 aliphatic carbocycles. The molecule has 0 saturated heterocycles. The highest BCUT2D eigenvalue weighted by Gasteiger charge is 2.18. The van der Waals surface area contributed by atoms with Crippen LogP contribution >= 0.6 is 0 Å². The molecule has 1 aromatic carbocycles. The van der Waals surface area contributed by atoms with Crippen molar-refractivity contribution in [3.63, 3.8) is 0 Å². The van der Waals surface area contributed by atoms with E-state index in [9.17, 15) is 4.79 Å². The van der Waals surface area contributed by atoms with E-state index in [1.165, 1.54) is 7.11 Å². The predicted molar refractivity (Wildman–Crippen MR) is 79.7 cm³/mol. The van der Waals surface area contributed by atoms with Crippen LogP contribution < -0.4 is 10.2 Å². The maximum atomic E-state index is 11.7. The number of carbonyl (C=O) groups excluding carboxylic acids is 1. The van der Waals surface area contributed by atoms with Crippen LogP contribution in [-0.4, -0.2) is 33.2 Å². The van der Waals surface area contributed by atoms with Gasteiger partial charge in [-0.15, -0.1) is 0 Å². The fraction of sp³-hybridized carbons (Fsp3) is 0.533. The molecule has 0 amide bonds. The summed E-state index contributed by atoms with van der Waals surface area (Å²) in [4.78, 5) is 13.8. The molecule has 0 aliphatic rings. The molecular weight excluding hydrogens is 240 g/mol. The van der Waals surface area contributed by atoms with Crippen molar-refractivity contribution in [3.8, 4) is 0 Å². The van der Waals surface area contributed by atoms with Gasteiger partial charge in [0, 0.05) is 25.5 Å². The van der Waals surface area contributed by atoms with E-state index in [-0.39, 0.29) is 12.0 Å². The van der Waals surface area contributed by atoms with Crippen LogP contribution in [0.15, 0.2) is 24.3 Å². The van der Waals surface area contributed by atoms with Gasteiger partial charge in [-0.2, -0.15) is 0 Å². The van der Waals surface area contributed by atoms with Gasteiger partial charge in [0.15, 0.2) is 0 Å². The van der Waals surface area contributed by atoms with Crippen LogP contribution in [0.3, 0.4) is 0 Å². The number of hydrogen-bond acceptors (Lipinski definition) is 4. The Hall–Kier alpha value is -1.71. The van der Waals surface area contributed by atoms with Crippen LogP contribution in [0.2, 0.25) is 0 Å². The summed E-state index contributed by atoms with van der Waals surface area (Å²) in [6, 6.07) is 7.73. The van der Waals surface area contributed by atoms with Crippen molar-refractivity contribution in [1.29, 1.82) is 0 Å². The first-order valence-corrected chi connectivity index (χ1v) is 6.70. The molecule has 1 unspecified atom stereocenters. The fourth-order valence-corrected chi connectivity index (χ4v) is 1.87. The standard InChI is InChI=1S/C15H24N2O2/c1-5-6-10-14(15(18)19-4)16-12-8-7-9-13(11-12)17(2)3/h7-9,11,14,16H,5-6,10H2,1-4H3. The smallest absolute Gasteiger partial charge is 0.328 e. The van der Waals surface area contributed by atoms with Gasteiger partial charge >= 0.3 is 5.97 Å². The maximum Gasteiger partial charge on any atom is 0.328 e. The summed E-state index contributed by atoms with van der Waals surface area (Å²) in [6.45, 7) is 2.11. The van der Waals surface area contributed by atoms with Gasteiger partial charge in [0.25, 0.3) is 0 Å². The minimum Gasteiger partial charge on any atom is -0.467 e. The first-order valence-electron chi connectivity index (χ1n) is 6.70. The van der Waals surface area contributed by atoms with Gasteiger partial charge in [-0.3, -0.25) is 0 Å². The summed E-state index contributed by atoms with van der Waals surface area (Å²) in [5, 5.41) is 3.26. The molecule has 106 valence electrons. The van der Waals surface area contributed by atoms with Crippen molar-refractivity contribution in [2.75, 3.05) is 31.4 Å². The van der Waals surface area contributed by atoms with E-state index in [0.717, 1.165) is 30.6 Å². The minimum absolute atomic E-state index is 0.205. The summed E-state index contributed by atoms with van der Waals surface area (Å²) in [7, 11) is 5.42. The number of anilines is 2. The Morgan fingerprint density at radius 3 is 2.74 bits per heavy atom. The second-order valence-corrected chi connectivity index (χ2v) is 4.81. The quantitative estimate of drug-likeness (QED) is 0.769. The molecule has 4 nitrogen and oxygen atoms in total. The zero-order chi connectivity index (χ0) is 14.3. The molecule has 1 N–H and O–H groups in total. The summed E-state index contributed by atoms with van der Waals surface area (Å²) >= 11 is 0. The van der Waals surface area contributed by atoms with Crippen LogP contribution in [0.25, 0.3) is 0 Å². The number of ether oxygens (including phenoxy) is 1. The molecular formula is C15H24N2O2. The summed E-state index contributed by atoms with van der Waals surface area (Å²) in [5.74, 6) is -0.205. The average Bonchev–Trinajstić information content (AvgIpc) is 2.42. The van der Waals surface area contributed by atoms with E-state index in [1.54, 1.807) is 0 Å². The molecule has 19 heavy (non-hydrogen) atoms. The van der Waals surface area contributed by atoms with Gasteiger partial charge in [0.1, 0.15) is 6.04 Å². The Balaban J connectivity index is 2.77. The summed E-state index contributed by atoms with van der Waals surface area (Å²) in [6.07, 6.45) is 2.85. The molecule has 0 spiro atoms. The van der Waals surface area contributed by atoms with Crippen molar-refractivity contribution in [1.82, 2.24) is 0 Å². The molecule has 0 aliphatic heterocycles. The molecule has 1 atom stereocenters. The Morgan fingerprint density at radius 2 is 2.16 bits per heavy atom. The number of carbonyl (C=O) groups is 1. The largest absolute Gasteiger partial charge is 0.467 e. The van der Waals surface area contributed by atoms with Gasteiger partial charge in [-0.25, -0.2) is 4.79 Å². The van der Waals surface area contributed by atoms with Crippen LogP contribution in [0.1, 0.15) is 26.2 Å². The van der Waals surface area contributed by atoms with E-state index in [1.807, 2.05) is 43.3 Å². The third kappa shape index (κ3) is 4.81. The van der Waals surface area contributed by atoms with Crippen molar-refractivity contribution in [2.45, 2.75) is 32.2 Å². The van der Waals surface area contributed by atoms with Crippen LogP contribution in [0.4, 0.5) is 11.4 Å². The van der Waals surface area contributed by atoms with Crippen LogP contribution in [0.5, 0.6) is 0 Å². The first-order chi connectivity index (χ1) is 9.08. The molecule has 0 bridgehead atoms. The summed E-state index contributed by atoms with van der Waals surface area (Å²) in [5.41, 5.74) is 2.04. The predicted octanol–water partition coefficient (Wildman–Crippen LogP) is 2.90. The number of methoxy groups -OCH3 is 1. The second-order valence-electron chi connectivity index (χ2n) is 4.81. The number of nitrogens with zero attached hydrogens (tertiary/aromatic N) is 1. The topological polar surface area (TPSA) is 41.6 Å². The van der Waals surface area contributed by atoms with E-state index >= 15 is 0 Å². The van der Waals surface area contributed by atoms with Gasteiger partial charge in [0.2, 0.25) is 0 Å². The first kappa shape index (κ1) is 15.3. The Kier molecular flexibility index (Phi) is 6.19. The lowest BCUT2D eigenvalue weighted by molar-refractivity contribution is -0.141. The van der Waals surface area contributed by atoms with Crippen LogP contribution in [0, 0.1) is 0 Å². The Labute approximate surface area is 115 Å².